The van der Waals surface area contributed by atoms with E-state index >= 15 is 0 Å². The summed E-state index contributed by atoms with van der Waals surface area (Å²) in [6, 6.07) is 0. The minimum atomic E-state index is -4.87. The van der Waals surface area contributed by atoms with E-state index in [1.54, 1.807) is 12.2 Å². The van der Waals surface area contributed by atoms with Crippen LogP contribution >= 0.6 is 15.6 Å². The van der Waals surface area contributed by atoms with Gasteiger partial charge in [-0.05, 0) is 44.1 Å². The number of phosphoric ester groups is 2. The zero-order valence-corrected chi connectivity index (χ0v) is 36.9. The monoisotopic (exact) mass is 854 g/mol. The summed E-state index contributed by atoms with van der Waals surface area (Å²) in [6.07, 6.45) is 27.1. The average molecular weight is 855 g/mol. The molecule has 16 heteroatoms. The van der Waals surface area contributed by atoms with Gasteiger partial charge in [-0.2, -0.15) is 0 Å². The molecule has 0 aromatic carbocycles. The number of carbonyl (C=O) groups excluding carboxylic acids is 3. The average Bonchev–Trinajstić information content (AvgIpc) is 3.16. The number of carbonyl (C=O) groups is 3. The van der Waals surface area contributed by atoms with Crippen LogP contribution in [0.3, 0.4) is 0 Å². The lowest BCUT2D eigenvalue weighted by molar-refractivity contribution is -0.161. The first-order valence-electron chi connectivity index (χ1n) is 21.4. The molecular weight excluding hydrogens is 778 g/mol. The Morgan fingerprint density at radius 1 is 0.614 bits per heavy atom. The number of rotatable bonds is 40. The molecular formula is C41H76O14P2. The van der Waals surface area contributed by atoms with Crippen molar-refractivity contribution in [3.63, 3.8) is 0 Å². The van der Waals surface area contributed by atoms with Crippen molar-refractivity contribution in [3.8, 4) is 0 Å². The van der Waals surface area contributed by atoms with E-state index in [-0.39, 0.29) is 18.6 Å². The molecule has 2 unspecified atom stereocenters. The van der Waals surface area contributed by atoms with Gasteiger partial charge in [0.2, 0.25) is 0 Å². The van der Waals surface area contributed by atoms with Crippen molar-refractivity contribution in [3.05, 3.63) is 24.3 Å². The number of unbranched alkanes of at least 4 members (excludes halogenated alkanes) is 16. The fourth-order valence-corrected chi connectivity index (χ4v) is 6.81. The Morgan fingerprint density at radius 3 is 1.72 bits per heavy atom. The maximum absolute atomic E-state index is 12.6. The summed E-state index contributed by atoms with van der Waals surface area (Å²) >= 11 is 0. The third kappa shape index (κ3) is 39.5. The van der Waals surface area contributed by atoms with Crippen LogP contribution in [0.2, 0.25) is 0 Å². The smallest absolute Gasteiger partial charge is 0.462 e. The van der Waals surface area contributed by atoms with Crippen LogP contribution in [-0.4, -0.2) is 76.1 Å². The van der Waals surface area contributed by atoms with Gasteiger partial charge in [0.25, 0.3) is 0 Å². The van der Waals surface area contributed by atoms with E-state index in [1.165, 1.54) is 57.8 Å². The number of phosphoric acid groups is 2. The van der Waals surface area contributed by atoms with Crippen LogP contribution in [0.25, 0.3) is 0 Å². The molecule has 0 bridgehead atoms. The second kappa shape index (κ2) is 36.1. The van der Waals surface area contributed by atoms with Gasteiger partial charge >= 0.3 is 27.6 Å². The third-order valence-corrected chi connectivity index (χ3v) is 10.8. The van der Waals surface area contributed by atoms with Gasteiger partial charge in [-0.15, -0.1) is 0 Å². The van der Waals surface area contributed by atoms with Gasteiger partial charge in [0.15, 0.2) is 11.9 Å². The Balaban J connectivity index is 4.61. The SMILES string of the molecule is CCCCC/C=C\C=C\C(=O)CCCCCCCC(=O)OC[C@H](COP(=O)(O)OC[C@@H](O)COP(=O)(O)O)OC(=O)CCCCCCCCCCCCC(C)CC. The van der Waals surface area contributed by atoms with Gasteiger partial charge in [0.05, 0.1) is 19.8 Å². The Morgan fingerprint density at radius 2 is 1.14 bits per heavy atom. The molecule has 0 aromatic heterocycles. The fourth-order valence-electron chi connectivity index (χ4n) is 5.66. The van der Waals surface area contributed by atoms with Gasteiger partial charge < -0.3 is 29.3 Å². The second-order valence-corrected chi connectivity index (χ2v) is 17.6. The molecule has 4 N–H and O–H groups in total. The van der Waals surface area contributed by atoms with Gasteiger partial charge in [0.1, 0.15) is 12.7 Å². The predicted molar refractivity (Wildman–Crippen MR) is 221 cm³/mol. The summed E-state index contributed by atoms with van der Waals surface area (Å²) in [5.41, 5.74) is 0. The van der Waals surface area contributed by atoms with Crippen LogP contribution < -0.4 is 0 Å². The van der Waals surface area contributed by atoms with Crippen molar-refractivity contribution < 1.29 is 66.3 Å². The summed E-state index contributed by atoms with van der Waals surface area (Å²) in [5.74, 6) is -0.221. The minimum Gasteiger partial charge on any atom is -0.462 e. The molecule has 4 atom stereocenters. The van der Waals surface area contributed by atoms with E-state index in [4.69, 9.17) is 23.8 Å². The molecule has 0 heterocycles. The van der Waals surface area contributed by atoms with Gasteiger partial charge in [0, 0.05) is 19.3 Å². The van der Waals surface area contributed by atoms with Crippen molar-refractivity contribution in [2.45, 2.75) is 187 Å². The molecule has 57 heavy (non-hydrogen) atoms. The molecule has 0 rings (SSSR count). The van der Waals surface area contributed by atoms with E-state index < -0.39 is 66.2 Å². The highest BCUT2D eigenvalue weighted by atomic mass is 31.2. The van der Waals surface area contributed by atoms with Crippen LogP contribution in [0.4, 0.5) is 0 Å². The number of esters is 2. The summed E-state index contributed by atoms with van der Waals surface area (Å²) in [5, 5.41) is 9.73. The summed E-state index contributed by atoms with van der Waals surface area (Å²) in [7, 11) is -9.70. The zero-order valence-electron chi connectivity index (χ0n) is 35.1. The molecule has 0 aliphatic rings. The Hall–Kier alpha value is -1.73. The molecule has 0 fully saturated rings. The van der Waals surface area contributed by atoms with Gasteiger partial charge in [-0.3, -0.25) is 28.0 Å². The normalized spacial score (nSPS) is 14.8. The molecule has 0 saturated heterocycles. The van der Waals surface area contributed by atoms with E-state index in [2.05, 4.69) is 35.9 Å². The Bertz CT molecular complexity index is 1190. The highest BCUT2D eigenvalue weighted by molar-refractivity contribution is 7.47. The predicted octanol–water partition coefficient (Wildman–Crippen LogP) is 9.77. The number of ketones is 1. The first kappa shape index (κ1) is 55.3. The quantitative estimate of drug-likeness (QED) is 0.0149. The molecule has 0 saturated carbocycles. The van der Waals surface area contributed by atoms with Crippen LogP contribution in [-0.2, 0) is 46.6 Å². The maximum Gasteiger partial charge on any atom is 0.472 e. The maximum atomic E-state index is 12.6. The van der Waals surface area contributed by atoms with E-state index in [9.17, 15) is 33.5 Å². The highest BCUT2D eigenvalue weighted by Gasteiger charge is 2.28. The molecule has 0 amide bonds. The summed E-state index contributed by atoms with van der Waals surface area (Å²) in [4.78, 5) is 64.6. The standard InChI is InChI=1S/C41H76O14P2/c1-4-6-7-8-13-18-23-28-37(42)29-24-19-16-21-25-30-40(44)51-34-39(35-54-57(49,50)53-33-38(43)32-52-56(46,47)48)55-41(45)31-26-20-15-12-10-9-11-14-17-22-27-36(3)5-2/h13,18,23,28,36,38-39,43H,4-12,14-17,19-22,24-27,29-35H2,1-3H3,(H,49,50)(H2,46,47,48)/b18-13-,28-23+/t36?,38-,39+/m0/s1. The van der Waals surface area contributed by atoms with Crippen LogP contribution in [0.1, 0.15) is 175 Å². The van der Waals surface area contributed by atoms with Crippen molar-refractivity contribution in [1.82, 2.24) is 0 Å². The molecule has 0 spiro atoms. The molecule has 334 valence electrons. The minimum absolute atomic E-state index is 0.0876. The third-order valence-electron chi connectivity index (χ3n) is 9.35. The molecule has 14 nitrogen and oxygen atoms in total. The summed E-state index contributed by atoms with van der Waals surface area (Å²) in [6.45, 7) is 3.90. The molecule has 0 aromatic rings. The van der Waals surface area contributed by atoms with E-state index in [0.29, 0.717) is 19.3 Å². The molecule has 0 aliphatic heterocycles. The van der Waals surface area contributed by atoms with Crippen LogP contribution in [0.5, 0.6) is 0 Å². The van der Waals surface area contributed by atoms with Crippen LogP contribution in [0.15, 0.2) is 24.3 Å². The van der Waals surface area contributed by atoms with E-state index in [1.807, 2.05) is 6.08 Å². The second-order valence-electron chi connectivity index (χ2n) is 14.9. The van der Waals surface area contributed by atoms with Crippen LogP contribution in [0, 0.1) is 5.92 Å². The number of allylic oxidation sites excluding steroid dienone is 4. The summed E-state index contributed by atoms with van der Waals surface area (Å²) < 4.78 is 47.6. The molecule has 0 radical (unpaired) electrons. The highest BCUT2D eigenvalue weighted by Crippen LogP contribution is 2.43. The number of hydrogen-bond donors (Lipinski definition) is 4. The number of hydrogen-bond acceptors (Lipinski definition) is 11. The lowest BCUT2D eigenvalue weighted by Crippen LogP contribution is -2.30. The van der Waals surface area contributed by atoms with Crippen molar-refractivity contribution in [2.75, 3.05) is 26.4 Å². The van der Waals surface area contributed by atoms with Gasteiger partial charge in [-0.1, -0.05) is 142 Å². The Labute approximate surface area is 342 Å². The lowest BCUT2D eigenvalue weighted by atomic mass is 9.99. The number of ether oxygens (including phenoxy) is 2. The first-order chi connectivity index (χ1) is 27.2. The van der Waals surface area contributed by atoms with Crippen molar-refractivity contribution >= 4 is 33.4 Å². The zero-order chi connectivity index (χ0) is 42.6. The number of aliphatic hydroxyl groups excluding tert-OH is 1. The topological polar surface area (TPSA) is 212 Å². The molecule has 0 aliphatic carbocycles. The number of aliphatic hydroxyl groups is 1. The van der Waals surface area contributed by atoms with Crippen molar-refractivity contribution in [1.29, 1.82) is 0 Å². The Kier molecular flexibility index (Phi) is 35.1. The largest absolute Gasteiger partial charge is 0.472 e. The first-order valence-corrected chi connectivity index (χ1v) is 24.4. The van der Waals surface area contributed by atoms with Gasteiger partial charge in [-0.25, -0.2) is 9.13 Å². The lowest BCUT2D eigenvalue weighted by Gasteiger charge is -2.20. The van der Waals surface area contributed by atoms with Crippen molar-refractivity contribution in [2.24, 2.45) is 5.92 Å². The van der Waals surface area contributed by atoms with E-state index in [0.717, 1.165) is 70.1 Å². The fraction of sp³-hybridized carbons (Fsp3) is 0.829.